The van der Waals surface area contributed by atoms with Crippen molar-refractivity contribution in [1.29, 1.82) is 0 Å². The Morgan fingerprint density at radius 1 is 0.900 bits per heavy atom. The fraction of sp³-hybridized carbons (Fsp3) is 0.520. The molecule has 0 heterocycles. The minimum Gasteiger partial charge on any atom is -0.406 e. The van der Waals surface area contributed by atoms with E-state index in [1.807, 2.05) is 6.07 Å². The molecule has 2 aliphatic carbocycles. The van der Waals surface area contributed by atoms with Gasteiger partial charge in [-0.25, -0.2) is 4.39 Å². The van der Waals surface area contributed by atoms with Crippen molar-refractivity contribution < 1.29 is 22.3 Å². The minimum absolute atomic E-state index is 0.301. The zero-order valence-corrected chi connectivity index (χ0v) is 17.3. The molecule has 1 atom stereocenters. The SMILES string of the molecule is CCC1CCC(C2CCc3cc(-c4ccc(OC(F)(F)F)cc4)c(F)cc3C2)CC1. The maximum atomic E-state index is 14.9. The van der Waals surface area contributed by atoms with Crippen molar-refractivity contribution >= 4 is 0 Å². The van der Waals surface area contributed by atoms with Gasteiger partial charge in [-0.1, -0.05) is 38.3 Å². The molecule has 0 aliphatic heterocycles. The summed E-state index contributed by atoms with van der Waals surface area (Å²) in [5, 5.41) is 0. The molecule has 2 aromatic rings. The number of fused-ring (bicyclic) bond motifs is 1. The van der Waals surface area contributed by atoms with Crippen molar-refractivity contribution in [2.45, 2.75) is 64.7 Å². The molecule has 162 valence electrons. The molecule has 0 bridgehead atoms. The van der Waals surface area contributed by atoms with Gasteiger partial charge in [-0.15, -0.1) is 13.2 Å². The molecule has 1 unspecified atom stereocenters. The second-order valence-electron chi connectivity index (χ2n) is 8.86. The number of rotatable bonds is 4. The van der Waals surface area contributed by atoms with E-state index in [1.165, 1.54) is 61.9 Å². The third-order valence-corrected chi connectivity index (χ3v) is 7.09. The van der Waals surface area contributed by atoms with Crippen LogP contribution in [-0.2, 0) is 12.8 Å². The summed E-state index contributed by atoms with van der Waals surface area (Å²) < 4.78 is 55.8. The summed E-state index contributed by atoms with van der Waals surface area (Å²) in [7, 11) is 0. The first kappa shape index (κ1) is 21.2. The Hall–Kier alpha value is -2.04. The number of hydrogen-bond acceptors (Lipinski definition) is 1. The molecule has 0 saturated heterocycles. The molecule has 0 amide bonds. The first-order valence-electron chi connectivity index (χ1n) is 11.0. The van der Waals surface area contributed by atoms with Crippen molar-refractivity contribution in [2.24, 2.45) is 17.8 Å². The smallest absolute Gasteiger partial charge is 0.406 e. The fourth-order valence-corrected chi connectivity index (χ4v) is 5.34. The summed E-state index contributed by atoms with van der Waals surface area (Å²) in [6, 6.07) is 8.94. The maximum Gasteiger partial charge on any atom is 0.573 e. The zero-order valence-electron chi connectivity index (χ0n) is 17.3. The minimum atomic E-state index is -4.73. The van der Waals surface area contributed by atoms with E-state index in [2.05, 4.69) is 11.7 Å². The van der Waals surface area contributed by atoms with Crippen LogP contribution in [0.5, 0.6) is 5.75 Å². The molecule has 1 nitrogen and oxygen atoms in total. The van der Waals surface area contributed by atoms with Gasteiger partial charge in [0.25, 0.3) is 0 Å². The normalized spacial score (nSPS) is 24.4. The summed E-state index contributed by atoms with van der Waals surface area (Å²) in [4.78, 5) is 0. The molecule has 0 N–H and O–H groups in total. The quantitative estimate of drug-likeness (QED) is 0.460. The van der Waals surface area contributed by atoms with Crippen molar-refractivity contribution in [3.8, 4) is 16.9 Å². The highest BCUT2D eigenvalue weighted by Gasteiger charge is 2.32. The first-order valence-corrected chi connectivity index (χ1v) is 11.0. The van der Waals surface area contributed by atoms with E-state index in [0.717, 1.165) is 36.7 Å². The Morgan fingerprint density at radius 3 is 2.23 bits per heavy atom. The monoisotopic (exact) mass is 420 g/mol. The number of hydrogen-bond donors (Lipinski definition) is 0. The highest BCUT2D eigenvalue weighted by atomic mass is 19.4. The van der Waals surface area contributed by atoms with Gasteiger partial charge < -0.3 is 4.74 Å². The molecule has 1 saturated carbocycles. The first-order chi connectivity index (χ1) is 14.3. The summed E-state index contributed by atoms with van der Waals surface area (Å²) in [6.07, 6.45) is 4.80. The van der Waals surface area contributed by atoms with Gasteiger partial charge in [0.15, 0.2) is 0 Å². The average Bonchev–Trinajstić information content (AvgIpc) is 2.72. The van der Waals surface area contributed by atoms with E-state index in [-0.39, 0.29) is 11.6 Å². The van der Waals surface area contributed by atoms with Crippen LogP contribution in [0.2, 0.25) is 0 Å². The Labute approximate surface area is 175 Å². The molecule has 0 aromatic heterocycles. The Morgan fingerprint density at radius 2 is 1.60 bits per heavy atom. The lowest BCUT2D eigenvalue weighted by molar-refractivity contribution is -0.274. The second kappa shape index (κ2) is 8.60. The Balaban J connectivity index is 1.48. The van der Waals surface area contributed by atoms with Gasteiger partial charge in [0.2, 0.25) is 0 Å². The summed E-state index contributed by atoms with van der Waals surface area (Å²) in [5.74, 6) is 1.66. The van der Waals surface area contributed by atoms with E-state index in [0.29, 0.717) is 17.0 Å². The van der Waals surface area contributed by atoms with Crippen LogP contribution in [0, 0.1) is 23.6 Å². The standard InChI is InChI=1S/C25H28F4O/c1-2-16-3-5-17(6-4-16)19-7-8-20-14-23(24(26)15-21(20)13-19)18-9-11-22(12-10-18)30-25(27,28)29/h9-12,14-17,19H,2-8,13H2,1H3. The van der Waals surface area contributed by atoms with Crippen molar-refractivity contribution in [3.05, 3.63) is 53.3 Å². The molecule has 0 radical (unpaired) electrons. The van der Waals surface area contributed by atoms with Crippen LogP contribution in [-0.4, -0.2) is 6.36 Å². The molecule has 1 fully saturated rings. The van der Waals surface area contributed by atoms with E-state index >= 15 is 0 Å². The molecule has 2 aliphatic rings. The van der Waals surface area contributed by atoms with Crippen molar-refractivity contribution in [2.75, 3.05) is 0 Å². The van der Waals surface area contributed by atoms with Crippen LogP contribution in [0.25, 0.3) is 11.1 Å². The van der Waals surface area contributed by atoms with Crippen LogP contribution in [0.4, 0.5) is 17.6 Å². The lowest BCUT2D eigenvalue weighted by Crippen LogP contribution is -2.26. The molecule has 30 heavy (non-hydrogen) atoms. The van der Waals surface area contributed by atoms with Gasteiger partial charge >= 0.3 is 6.36 Å². The predicted molar refractivity (Wildman–Crippen MR) is 110 cm³/mol. The lowest BCUT2D eigenvalue weighted by atomic mass is 9.69. The third kappa shape index (κ3) is 4.81. The zero-order chi connectivity index (χ0) is 21.3. The summed E-state index contributed by atoms with van der Waals surface area (Å²) in [5.41, 5.74) is 3.27. The van der Waals surface area contributed by atoms with Crippen LogP contribution < -0.4 is 4.74 Å². The fourth-order valence-electron chi connectivity index (χ4n) is 5.34. The van der Waals surface area contributed by atoms with Crippen LogP contribution in [0.1, 0.15) is 56.6 Å². The largest absolute Gasteiger partial charge is 0.573 e. The van der Waals surface area contributed by atoms with Crippen LogP contribution >= 0.6 is 0 Å². The predicted octanol–water partition coefficient (Wildman–Crippen LogP) is 7.71. The Bertz CT molecular complexity index is 864. The number of alkyl halides is 3. The molecule has 0 spiro atoms. The lowest BCUT2D eigenvalue weighted by Gasteiger charge is -2.36. The van der Waals surface area contributed by atoms with E-state index in [1.54, 1.807) is 6.07 Å². The van der Waals surface area contributed by atoms with Gasteiger partial charge in [-0.05, 0) is 90.8 Å². The molecule has 4 rings (SSSR count). The topological polar surface area (TPSA) is 9.23 Å². The maximum absolute atomic E-state index is 14.9. The van der Waals surface area contributed by atoms with E-state index in [4.69, 9.17) is 0 Å². The number of ether oxygens (including phenoxy) is 1. The van der Waals surface area contributed by atoms with Gasteiger partial charge in [0.05, 0.1) is 0 Å². The molecular weight excluding hydrogens is 392 g/mol. The van der Waals surface area contributed by atoms with Crippen molar-refractivity contribution in [1.82, 2.24) is 0 Å². The number of halogens is 4. The van der Waals surface area contributed by atoms with Gasteiger partial charge in [0.1, 0.15) is 11.6 Å². The summed E-state index contributed by atoms with van der Waals surface area (Å²) in [6.45, 7) is 2.28. The highest BCUT2D eigenvalue weighted by molar-refractivity contribution is 5.66. The third-order valence-electron chi connectivity index (χ3n) is 7.09. The van der Waals surface area contributed by atoms with Gasteiger partial charge in [0, 0.05) is 5.56 Å². The number of aryl methyl sites for hydroxylation is 1. The van der Waals surface area contributed by atoms with Gasteiger partial charge in [-0.3, -0.25) is 0 Å². The van der Waals surface area contributed by atoms with E-state index in [9.17, 15) is 17.6 Å². The van der Waals surface area contributed by atoms with Crippen molar-refractivity contribution in [3.63, 3.8) is 0 Å². The average molecular weight is 420 g/mol. The molecule has 5 heteroatoms. The molecule has 2 aromatic carbocycles. The van der Waals surface area contributed by atoms with Crippen LogP contribution in [0.3, 0.4) is 0 Å². The molecular formula is C25H28F4O. The highest BCUT2D eigenvalue weighted by Crippen LogP contribution is 2.41. The number of benzene rings is 2. The van der Waals surface area contributed by atoms with Crippen LogP contribution in [0.15, 0.2) is 36.4 Å². The second-order valence-corrected chi connectivity index (χ2v) is 8.86. The Kier molecular flexibility index (Phi) is 6.08. The van der Waals surface area contributed by atoms with E-state index < -0.39 is 6.36 Å². The van der Waals surface area contributed by atoms with Gasteiger partial charge in [-0.2, -0.15) is 0 Å². The summed E-state index contributed by atoms with van der Waals surface area (Å²) >= 11 is 0.